The smallest absolute Gasteiger partial charge is 0.177 e. The van der Waals surface area contributed by atoms with E-state index in [9.17, 15) is 0 Å². The fourth-order valence-corrected chi connectivity index (χ4v) is 3.73. The summed E-state index contributed by atoms with van der Waals surface area (Å²) < 4.78 is 21.4. The molecule has 2 aliphatic heterocycles. The van der Waals surface area contributed by atoms with E-state index in [2.05, 4.69) is 38.9 Å². The number of nitrogens with zero attached hydrogens (tertiary/aromatic N) is 2. The molecule has 1 atom stereocenters. The number of fused-ring (bicyclic) bond motifs is 1. The number of pyridine rings is 2. The molecule has 4 heterocycles. The van der Waals surface area contributed by atoms with Gasteiger partial charge in [-0.15, -0.1) is 0 Å². The second-order valence-electron chi connectivity index (χ2n) is 7.36. The van der Waals surface area contributed by atoms with E-state index in [0.29, 0.717) is 36.2 Å². The number of aromatic nitrogens is 2. The number of ether oxygens (including phenoxy) is 1. The largest absolute Gasteiger partial charge is 0.491 e. The SMILES string of the molecule is CNc1cc(C)nc(Nc2nc3c(c(C4=CCN[C@H](C)CC4)c2F)OCC3)c1. The summed E-state index contributed by atoms with van der Waals surface area (Å²) >= 11 is 0. The van der Waals surface area contributed by atoms with Crippen LogP contribution in [0.15, 0.2) is 18.2 Å². The number of hydrogen-bond acceptors (Lipinski definition) is 6. The molecule has 4 rings (SSSR count). The Morgan fingerprint density at radius 1 is 1.25 bits per heavy atom. The Morgan fingerprint density at radius 3 is 2.93 bits per heavy atom. The highest BCUT2D eigenvalue weighted by atomic mass is 19.1. The Balaban J connectivity index is 1.75. The number of allylic oxidation sites excluding steroid dienone is 1. The lowest BCUT2D eigenvalue weighted by Gasteiger charge is -2.16. The zero-order valence-corrected chi connectivity index (χ0v) is 16.5. The van der Waals surface area contributed by atoms with Gasteiger partial charge in [-0.05, 0) is 38.3 Å². The van der Waals surface area contributed by atoms with Gasteiger partial charge in [0, 0.05) is 43.5 Å². The van der Waals surface area contributed by atoms with Crippen molar-refractivity contribution in [3.8, 4) is 5.75 Å². The normalized spacial score (nSPS) is 18.7. The molecule has 0 radical (unpaired) electrons. The highest BCUT2D eigenvalue weighted by Gasteiger charge is 2.28. The average Bonchev–Trinajstić information content (AvgIpc) is 3.02. The number of halogens is 1. The molecular weight excluding hydrogens is 357 g/mol. The van der Waals surface area contributed by atoms with E-state index < -0.39 is 0 Å². The number of hydrogen-bond donors (Lipinski definition) is 3. The highest BCUT2D eigenvalue weighted by Crippen LogP contribution is 2.40. The summed E-state index contributed by atoms with van der Waals surface area (Å²) in [6, 6.07) is 4.18. The molecule has 0 saturated carbocycles. The molecule has 2 aromatic heterocycles. The molecule has 0 spiro atoms. The van der Waals surface area contributed by atoms with Gasteiger partial charge in [-0.25, -0.2) is 14.4 Å². The maximum absolute atomic E-state index is 15.6. The maximum Gasteiger partial charge on any atom is 0.177 e. The molecule has 7 heteroatoms. The molecule has 0 bridgehead atoms. The van der Waals surface area contributed by atoms with Crippen molar-refractivity contribution in [1.29, 1.82) is 0 Å². The summed E-state index contributed by atoms with van der Waals surface area (Å²) in [7, 11) is 1.84. The maximum atomic E-state index is 15.6. The van der Waals surface area contributed by atoms with Crippen LogP contribution in [0.5, 0.6) is 5.75 Å². The van der Waals surface area contributed by atoms with Crippen molar-refractivity contribution in [2.45, 2.75) is 39.2 Å². The molecule has 0 unspecified atom stereocenters. The van der Waals surface area contributed by atoms with E-state index in [0.717, 1.165) is 42.0 Å². The van der Waals surface area contributed by atoms with Crippen LogP contribution in [0.25, 0.3) is 5.57 Å². The Hall–Kier alpha value is -2.67. The monoisotopic (exact) mass is 383 g/mol. The van der Waals surface area contributed by atoms with Gasteiger partial charge < -0.3 is 20.7 Å². The molecular formula is C21H26FN5O. The van der Waals surface area contributed by atoms with E-state index in [1.165, 1.54) is 0 Å². The quantitative estimate of drug-likeness (QED) is 0.746. The van der Waals surface area contributed by atoms with Crippen LogP contribution in [0, 0.1) is 12.7 Å². The third-order valence-electron chi connectivity index (χ3n) is 5.22. The Kier molecular flexibility index (Phi) is 5.17. The Bertz CT molecular complexity index is 927. The van der Waals surface area contributed by atoms with Crippen molar-refractivity contribution in [2.24, 2.45) is 0 Å². The fourth-order valence-electron chi connectivity index (χ4n) is 3.73. The van der Waals surface area contributed by atoms with Crippen LogP contribution >= 0.6 is 0 Å². The van der Waals surface area contributed by atoms with Crippen LogP contribution in [-0.2, 0) is 6.42 Å². The first kappa shape index (κ1) is 18.7. The van der Waals surface area contributed by atoms with Crippen LogP contribution < -0.4 is 20.7 Å². The first-order chi connectivity index (χ1) is 13.5. The Morgan fingerprint density at radius 2 is 2.11 bits per heavy atom. The van der Waals surface area contributed by atoms with Gasteiger partial charge in [0.25, 0.3) is 0 Å². The minimum Gasteiger partial charge on any atom is -0.491 e. The minimum atomic E-state index is -0.379. The summed E-state index contributed by atoms with van der Waals surface area (Å²) in [5, 5.41) is 9.60. The van der Waals surface area contributed by atoms with E-state index in [1.54, 1.807) is 0 Å². The second kappa shape index (κ2) is 7.75. The number of aryl methyl sites for hydroxylation is 1. The van der Waals surface area contributed by atoms with Gasteiger partial charge in [-0.3, -0.25) is 0 Å². The van der Waals surface area contributed by atoms with Gasteiger partial charge in [-0.1, -0.05) is 6.08 Å². The molecule has 0 aromatic carbocycles. The van der Waals surface area contributed by atoms with Gasteiger partial charge in [0.2, 0.25) is 0 Å². The van der Waals surface area contributed by atoms with Crippen LogP contribution in [0.3, 0.4) is 0 Å². The van der Waals surface area contributed by atoms with Crippen molar-refractivity contribution < 1.29 is 9.13 Å². The summed E-state index contributed by atoms with van der Waals surface area (Å²) in [4.78, 5) is 8.98. The predicted octanol–water partition coefficient (Wildman–Crippen LogP) is 3.80. The number of anilines is 3. The molecule has 0 fully saturated rings. The van der Waals surface area contributed by atoms with E-state index in [4.69, 9.17) is 4.74 Å². The standard InChI is InChI=1S/C21H26FN5O/c1-12-4-5-14(6-8-24-12)18-19(22)21(26-16-7-9-28-20(16)18)27-17-11-15(23-3)10-13(2)25-17/h6,10-12,24H,4-5,7-9H2,1-3H3,(H2,23,25,26,27)/t12-/m1/s1. The molecule has 6 nitrogen and oxygen atoms in total. The van der Waals surface area contributed by atoms with Crippen LogP contribution in [0.4, 0.5) is 21.7 Å². The van der Waals surface area contributed by atoms with Crippen LogP contribution in [-0.4, -0.2) is 36.2 Å². The lowest BCUT2D eigenvalue weighted by atomic mass is 9.98. The van der Waals surface area contributed by atoms with Crippen molar-refractivity contribution in [2.75, 3.05) is 30.8 Å². The van der Waals surface area contributed by atoms with Gasteiger partial charge >= 0.3 is 0 Å². The van der Waals surface area contributed by atoms with E-state index in [-0.39, 0.29) is 11.6 Å². The molecule has 0 saturated heterocycles. The van der Waals surface area contributed by atoms with E-state index >= 15 is 4.39 Å². The molecule has 2 aromatic rings. The fraction of sp³-hybridized carbons (Fsp3) is 0.429. The van der Waals surface area contributed by atoms with Gasteiger partial charge in [-0.2, -0.15) is 0 Å². The lowest BCUT2D eigenvalue weighted by molar-refractivity contribution is 0.354. The third-order valence-corrected chi connectivity index (χ3v) is 5.22. The zero-order chi connectivity index (χ0) is 19.7. The molecule has 0 aliphatic carbocycles. The topological polar surface area (TPSA) is 71.1 Å². The van der Waals surface area contributed by atoms with Crippen LogP contribution in [0.2, 0.25) is 0 Å². The van der Waals surface area contributed by atoms with Crippen molar-refractivity contribution in [3.63, 3.8) is 0 Å². The molecule has 3 N–H and O–H groups in total. The van der Waals surface area contributed by atoms with Crippen molar-refractivity contribution in [1.82, 2.24) is 15.3 Å². The minimum absolute atomic E-state index is 0.200. The molecule has 148 valence electrons. The van der Waals surface area contributed by atoms with E-state index in [1.807, 2.05) is 26.1 Å². The molecule has 0 amide bonds. The average molecular weight is 383 g/mol. The molecule has 28 heavy (non-hydrogen) atoms. The lowest BCUT2D eigenvalue weighted by Crippen LogP contribution is -2.24. The van der Waals surface area contributed by atoms with Crippen LogP contribution in [0.1, 0.15) is 36.7 Å². The first-order valence-corrected chi connectivity index (χ1v) is 9.76. The van der Waals surface area contributed by atoms with Crippen molar-refractivity contribution in [3.05, 3.63) is 41.0 Å². The zero-order valence-electron chi connectivity index (χ0n) is 16.5. The van der Waals surface area contributed by atoms with Crippen molar-refractivity contribution >= 4 is 22.9 Å². The van der Waals surface area contributed by atoms with Gasteiger partial charge in [0.1, 0.15) is 5.82 Å². The highest BCUT2D eigenvalue weighted by molar-refractivity contribution is 5.76. The summed E-state index contributed by atoms with van der Waals surface area (Å²) in [6.45, 7) is 5.31. The van der Waals surface area contributed by atoms with Gasteiger partial charge in [0.05, 0.1) is 17.9 Å². The summed E-state index contributed by atoms with van der Waals surface area (Å²) in [6.07, 6.45) is 4.51. The number of rotatable bonds is 4. The second-order valence-corrected chi connectivity index (χ2v) is 7.36. The third kappa shape index (κ3) is 3.67. The number of nitrogens with one attached hydrogen (secondary N) is 3. The summed E-state index contributed by atoms with van der Waals surface area (Å²) in [5.74, 6) is 0.976. The first-order valence-electron chi connectivity index (χ1n) is 9.76. The van der Waals surface area contributed by atoms with Gasteiger partial charge in [0.15, 0.2) is 17.4 Å². The molecule has 2 aliphatic rings. The summed E-state index contributed by atoms with van der Waals surface area (Å²) in [5.41, 5.74) is 4.07. The Labute approximate surface area is 164 Å². The predicted molar refractivity (Wildman–Crippen MR) is 110 cm³/mol.